The predicted octanol–water partition coefficient (Wildman–Crippen LogP) is 3.41. The van der Waals surface area contributed by atoms with Crippen LogP contribution in [-0.4, -0.2) is 32.9 Å². The smallest absolute Gasteiger partial charge is 0.243 e. The lowest BCUT2D eigenvalue weighted by molar-refractivity contribution is -0.158. The summed E-state index contributed by atoms with van der Waals surface area (Å²) in [6.45, 7) is 6.83. The van der Waals surface area contributed by atoms with Gasteiger partial charge in [-0.3, -0.25) is 9.59 Å². The van der Waals surface area contributed by atoms with E-state index in [1.54, 1.807) is 6.92 Å². The molecule has 4 aliphatic rings. The predicted molar refractivity (Wildman–Crippen MR) is 109 cm³/mol. The summed E-state index contributed by atoms with van der Waals surface area (Å²) in [6, 6.07) is 0. The first-order valence-electron chi connectivity index (χ1n) is 10.0. The van der Waals surface area contributed by atoms with Gasteiger partial charge in [0, 0.05) is 22.0 Å². The number of halogens is 1. The molecule has 0 aromatic rings. The minimum atomic E-state index is -1.19. The van der Waals surface area contributed by atoms with Crippen LogP contribution in [0.1, 0.15) is 59.3 Å². The van der Waals surface area contributed by atoms with Crippen molar-refractivity contribution >= 4 is 34.3 Å². The highest BCUT2D eigenvalue weighted by atomic mass is 127. The van der Waals surface area contributed by atoms with Crippen LogP contribution in [0.2, 0.25) is 0 Å². The molecule has 2 N–H and O–H groups in total. The Morgan fingerprint density at radius 3 is 2.69 bits per heavy atom. The van der Waals surface area contributed by atoms with Gasteiger partial charge in [-0.05, 0) is 68.6 Å². The molecule has 0 spiro atoms. The molecule has 0 bridgehead atoms. The molecule has 1 heterocycles. The zero-order chi connectivity index (χ0) is 18.9. The Kier molecular flexibility index (Phi) is 4.39. The number of ketones is 1. The molecule has 1 aliphatic heterocycles. The highest BCUT2D eigenvalue weighted by Gasteiger charge is 2.68. The average Bonchev–Trinajstić information content (AvgIpc) is 2.69. The Morgan fingerprint density at radius 1 is 1.27 bits per heavy atom. The van der Waals surface area contributed by atoms with E-state index in [-0.39, 0.29) is 26.4 Å². The minimum absolute atomic E-state index is 0.00604. The van der Waals surface area contributed by atoms with Crippen molar-refractivity contribution in [1.82, 2.24) is 5.32 Å². The number of nitrogens with one attached hydrogen (secondary N) is 1. The molecule has 3 saturated carbocycles. The maximum absolute atomic E-state index is 12.5. The van der Waals surface area contributed by atoms with Gasteiger partial charge in [0.1, 0.15) is 5.60 Å². The summed E-state index contributed by atoms with van der Waals surface area (Å²) < 4.78 is -0.00604. The molecule has 3 fully saturated rings. The number of fused-ring (bicyclic) bond motifs is 5. The number of hydrogen-bond donors (Lipinski definition) is 2. The molecule has 4 nitrogen and oxygen atoms in total. The van der Waals surface area contributed by atoms with Gasteiger partial charge in [-0.1, -0.05) is 42.0 Å². The summed E-state index contributed by atoms with van der Waals surface area (Å²) in [4.78, 5) is 24.5. The molecule has 4 rings (SSSR count). The van der Waals surface area contributed by atoms with Crippen LogP contribution < -0.4 is 5.32 Å². The van der Waals surface area contributed by atoms with Gasteiger partial charge in [-0.15, -0.1) is 0 Å². The quantitative estimate of drug-likeness (QED) is 0.455. The van der Waals surface area contributed by atoms with Crippen molar-refractivity contribution < 1.29 is 14.7 Å². The third-order valence-electron chi connectivity index (χ3n) is 8.70. The topological polar surface area (TPSA) is 66.4 Å². The fourth-order valence-electron chi connectivity index (χ4n) is 7.17. The van der Waals surface area contributed by atoms with Crippen LogP contribution in [0.15, 0.2) is 11.6 Å². The minimum Gasteiger partial charge on any atom is -0.380 e. The molecule has 0 aromatic heterocycles. The van der Waals surface area contributed by atoms with E-state index < -0.39 is 5.60 Å². The second kappa shape index (κ2) is 6.03. The van der Waals surface area contributed by atoms with Crippen LogP contribution in [-0.2, 0) is 9.59 Å². The molecular formula is C21H30INO3. The van der Waals surface area contributed by atoms with Crippen molar-refractivity contribution in [2.45, 2.75) is 68.8 Å². The number of alkyl halides is 1. The molecule has 144 valence electrons. The SMILES string of the molecule is CC(=O)C1(O)C(I)CC2C3CCC4=CC(=O)NCCC4(C)C3CCC21C. The highest BCUT2D eigenvalue weighted by molar-refractivity contribution is 14.1. The zero-order valence-electron chi connectivity index (χ0n) is 16.0. The first-order chi connectivity index (χ1) is 12.1. The van der Waals surface area contributed by atoms with Crippen LogP contribution in [0.25, 0.3) is 0 Å². The summed E-state index contributed by atoms with van der Waals surface area (Å²) in [5.41, 5.74) is -0.118. The monoisotopic (exact) mass is 471 g/mol. The Morgan fingerprint density at radius 2 is 2.00 bits per heavy atom. The lowest BCUT2D eigenvalue weighted by Crippen LogP contribution is -2.58. The molecule has 0 radical (unpaired) electrons. The number of hydrogen-bond acceptors (Lipinski definition) is 3. The van der Waals surface area contributed by atoms with Gasteiger partial charge < -0.3 is 10.4 Å². The summed E-state index contributed by atoms with van der Waals surface area (Å²) in [5, 5.41) is 14.4. The van der Waals surface area contributed by atoms with Crippen LogP contribution in [0.4, 0.5) is 0 Å². The van der Waals surface area contributed by atoms with E-state index in [1.807, 2.05) is 6.08 Å². The normalized spacial score (nSPS) is 50.7. The van der Waals surface area contributed by atoms with E-state index in [9.17, 15) is 14.7 Å². The molecular weight excluding hydrogens is 441 g/mol. The molecule has 1 amide bonds. The van der Waals surface area contributed by atoms with Gasteiger partial charge in [0.2, 0.25) is 5.91 Å². The van der Waals surface area contributed by atoms with Crippen LogP contribution >= 0.6 is 22.6 Å². The number of aliphatic hydroxyl groups is 1. The summed E-state index contributed by atoms with van der Waals surface area (Å²) in [7, 11) is 0. The van der Waals surface area contributed by atoms with Crippen LogP contribution in [0.3, 0.4) is 0 Å². The van der Waals surface area contributed by atoms with Gasteiger partial charge in [0.05, 0.1) is 0 Å². The molecule has 26 heavy (non-hydrogen) atoms. The highest BCUT2D eigenvalue weighted by Crippen LogP contribution is 2.68. The van der Waals surface area contributed by atoms with E-state index in [4.69, 9.17) is 0 Å². The maximum atomic E-state index is 12.5. The largest absolute Gasteiger partial charge is 0.380 e. The first kappa shape index (κ1) is 18.9. The van der Waals surface area contributed by atoms with Gasteiger partial charge in [0.15, 0.2) is 5.78 Å². The maximum Gasteiger partial charge on any atom is 0.243 e. The zero-order valence-corrected chi connectivity index (χ0v) is 18.1. The number of carbonyl (C=O) groups is 2. The second-order valence-corrected chi connectivity index (χ2v) is 11.0. The van der Waals surface area contributed by atoms with E-state index in [0.29, 0.717) is 17.8 Å². The molecule has 0 saturated heterocycles. The Balaban J connectivity index is 1.72. The van der Waals surface area contributed by atoms with E-state index in [2.05, 4.69) is 41.8 Å². The average molecular weight is 471 g/mol. The Bertz CT molecular complexity index is 691. The number of carbonyl (C=O) groups excluding carboxylic acids is 2. The van der Waals surface area contributed by atoms with Crippen molar-refractivity contribution in [3.8, 4) is 0 Å². The summed E-state index contributed by atoms with van der Waals surface area (Å²) >= 11 is 2.32. The van der Waals surface area contributed by atoms with Gasteiger partial charge in [-0.2, -0.15) is 0 Å². The number of rotatable bonds is 1. The van der Waals surface area contributed by atoms with Gasteiger partial charge >= 0.3 is 0 Å². The summed E-state index contributed by atoms with van der Waals surface area (Å²) in [6.07, 6.45) is 7.79. The van der Waals surface area contributed by atoms with Crippen molar-refractivity contribution in [2.75, 3.05) is 6.54 Å². The lowest BCUT2D eigenvalue weighted by atomic mass is 9.47. The fraction of sp³-hybridized carbons (Fsp3) is 0.810. The molecule has 3 aliphatic carbocycles. The number of allylic oxidation sites excluding steroid dienone is 1. The molecule has 0 aromatic carbocycles. The van der Waals surface area contributed by atoms with Gasteiger partial charge in [-0.25, -0.2) is 0 Å². The Labute approximate surface area is 169 Å². The van der Waals surface area contributed by atoms with Crippen molar-refractivity contribution in [3.05, 3.63) is 11.6 Å². The van der Waals surface area contributed by atoms with Crippen molar-refractivity contribution in [3.63, 3.8) is 0 Å². The third-order valence-corrected chi connectivity index (χ3v) is 10.1. The molecule has 5 heteroatoms. The van der Waals surface area contributed by atoms with E-state index >= 15 is 0 Å². The fourth-order valence-corrected chi connectivity index (χ4v) is 8.86. The second-order valence-electron chi connectivity index (χ2n) is 9.53. The summed E-state index contributed by atoms with van der Waals surface area (Å²) in [5.74, 6) is 1.47. The Hall–Kier alpha value is -0.430. The first-order valence-corrected chi connectivity index (χ1v) is 11.3. The van der Waals surface area contributed by atoms with Gasteiger partial charge in [0.25, 0.3) is 0 Å². The van der Waals surface area contributed by atoms with Crippen molar-refractivity contribution in [1.29, 1.82) is 0 Å². The lowest BCUT2D eigenvalue weighted by Gasteiger charge is -2.58. The van der Waals surface area contributed by atoms with E-state index in [1.165, 1.54) is 5.57 Å². The number of amides is 1. The third kappa shape index (κ3) is 2.28. The number of Topliss-reactive ketones (excluding diaryl/α,β-unsaturated/α-hetero) is 1. The van der Waals surface area contributed by atoms with E-state index in [0.717, 1.165) is 45.1 Å². The standard InChI is InChI=1S/C21H30INO3/c1-12(24)21(26)17(22)11-16-14-5-4-13-10-18(25)23-9-8-19(13,2)15(14)6-7-20(16,21)3/h10,14-17,26H,4-9,11H2,1-3H3,(H,23,25). The van der Waals surface area contributed by atoms with Crippen LogP contribution in [0.5, 0.6) is 0 Å². The van der Waals surface area contributed by atoms with Crippen molar-refractivity contribution in [2.24, 2.45) is 28.6 Å². The van der Waals surface area contributed by atoms with Crippen LogP contribution in [0, 0.1) is 28.6 Å². The molecule has 7 unspecified atom stereocenters. The molecule has 7 atom stereocenters.